The first-order valence-corrected chi connectivity index (χ1v) is 41.4. The second-order valence-corrected chi connectivity index (χ2v) is 32.9. The summed E-state index contributed by atoms with van der Waals surface area (Å²) in [6.07, 6.45) is -94.7. The Morgan fingerprint density at radius 2 is 0.667 bits per heavy atom. The Bertz CT molecular complexity index is 3520. The van der Waals surface area contributed by atoms with Crippen molar-refractivity contribution in [2.75, 3.05) is 66.1 Å². The zero-order valence-corrected chi connectivity index (χ0v) is 70.0. The molecule has 10 aliphatic rings. The summed E-state index contributed by atoms with van der Waals surface area (Å²) < 4.78 is 119. The lowest BCUT2D eigenvalue weighted by Crippen LogP contribution is -2.71. The number of hydrogen-bond donors (Lipinski definition) is 31. The molecule has 0 bridgehead atoms. The molecule has 0 aliphatic carbocycles. The van der Waals surface area contributed by atoms with Gasteiger partial charge in [0, 0.05) is 33.6 Å². The van der Waals surface area contributed by atoms with Crippen molar-refractivity contribution in [3.05, 3.63) is 0 Å². The van der Waals surface area contributed by atoms with Crippen LogP contribution in [0, 0.1) is 5.92 Å². The smallest absolute Gasteiger partial charge is 0.332 e. The predicted molar refractivity (Wildman–Crippen MR) is 399 cm³/mol. The molecular formula is C73H122N4O52. The average Bonchev–Trinajstić information content (AvgIpc) is 0.759. The van der Waals surface area contributed by atoms with Gasteiger partial charge in [-0.3, -0.25) is 24.0 Å². The quantitative estimate of drug-likeness (QED) is 0.0205. The first-order valence-electron chi connectivity index (χ1n) is 41.4. The minimum Gasteiger partial charge on any atom is -0.410 e. The number of aliphatic hydroxyl groups is 27. The van der Waals surface area contributed by atoms with Crippen LogP contribution in [0.2, 0.25) is 0 Å². The third-order valence-electron chi connectivity index (χ3n) is 24.0. The van der Waals surface area contributed by atoms with Gasteiger partial charge in [0.15, 0.2) is 50.3 Å². The van der Waals surface area contributed by atoms with Gasteiger partial charge in [0.25, 0.3) is 6.47 Å². The van der Waals surface area contributed by atoms with Crippen LogP contribution >= 0.6 is 0 Å². The van der Waals surface area contributed by atoms with Crippen LogP contribution in [0.4, 0.5) is 0 Å². The summed E-state index contributed by atoms with van der Waals surface area (Å²) in [6, 6.07) is -7.16. The molecule has 56 nitrogen and oxygen atoms in total. The van der Waals surface area contributed by atoms with Gasteiger partial charge in [0.1, 0.15) is 226 Å². The van der Waals surface area contributed by atoms with E-state index in [-0.39, 0.29) is 6.47 Å². The Labute approximate surface area is 732 Å². The van der Waals surface area contributed by atoms with Crippen LogP contribution in [0.5, 0.6) is 0 Å². The van der Waals surface area contributed by atoms with E-state index in [0.717, 1.165) is 27.7 Å². The van der Waals surface area contributed by atoms with Crippen LogP contribution in [0.15, 0.2) is 0 Å². The third-order valence-corrected chi connectivity index (χ3v) is 24.0. The molecule has 51 atom stereocenters. The molecule has 10 heterocycles. The topological polar surface area (TPSA) is 864 Å². The minimum absolute atomic E-state index is 0.254. The minimum atomic E-state index is -2.88. The Balaban J connectivity index is 0.967. The lowest BCUT2D eigenvalue weighted by molar-refractivity contribution is -0.448. The van der Waals surface area contributed by atoms with Crippen LogP contribution in [0.1, 0.15) is 48.0 Å². The maximum Gasteiger partial charge on any atom is 0.332 e. The van der Waals surface area contributed by atoms with Crippen molar-refractivity contribution in [2.24, 2.45) is 5.92 Å². The molecule has 746 valence electrons. The summed E-state index contributed by atoms with van der Waals surface area (Å²) in [4.78, 5) is 63.8. The number of carbonyl (C=O) groups excluding carboxylic acids is 5. The van der Waals surface area contributed by atoms with E-state index in [1.54, 1.807) is 0 Å². The van der Waals surface area contributed by atoms with Crippen molar-refractivity contribution in [3.8, 4) is 0 Å². The molecule has 10 aliphatic heterocycles. The number of carbonyl (C=O) groups is 5. The van der Waals surface area contributed by atoms with Crippen molar-refractivity contribution in [2.45, 2.75) is 354 Å². The molecule has 22 unspecified atom stereocenters. The van der Waals surface area contributed by atoms with Gasteiger partial charge < -0.3 is 254 Å². The number of rotatable bonds is 36. The first kappa shape index (κ1) is 107. The van der Waals surface area contributed by atoms with Gasteiger partial charge in [-0.25, -0.2) is 0 Å². The monoisotopic (exact) mass is 1890 g/mol. The number of amides is 4. The highest BCUT2D eigenvalue weighted by molar-refractivity contribution is 5.74. The fourth-order valence-electron chi connectivity index (χ4n) is 17.0. The highest BCUT2D eigenvalue weighted by atomic mass is 16.9. The predicted octanol–water partition coefficient (Wildman–Crippen LogP) is -20.6. The molecule has 10 rings (SSSR count). The van der Waals surface area contributed by atoms with Crippen LogP contribution in [0.3, 0.4) is 0 Å². The highest BCUT2D eigenvalue weighted by Crippen LogP contribution is 2.44. The summed E-state index contributed by atoms with van der Waals surface area (Å²) in [5.41, 5.74) is 0. The molecule has 0 aromatic heterocycles. The van der Waals surface area contributed by atoms with Gasteiger partial charge >= 0.3 is 5.97 Å². The van der Waals surface area contributed by atoms with Crippen LogP contribution in [-0.2, 0) is 119 Å². The van der Waals surface area contributed by atoms with E-state index in [1.807, 2.05) is 0 Å². The summed E-state index contributed by atoms with van der Waals surface area (Å²) in [5, 5.41) is 313. The van der Waals surface area contributed by atoms with Crippen LogP contribution in [-0.4, -0.2) is 540 Å². The Kier molecular flexibility index (Phi) is 38.5. The Morgan fingerprint density at radius 3 is 1.08 bits per heavy atom. The summed E-state index contributed by atoms with van der Waals surface area (Å²) in [5.74, 6) is -7.56. The third kappa shape index (κ3) is 23.7. The normalized spacial score (nSPS) is 48.1. The zero-order valence-electron chi connectivity index (χ0n) is 70.0. The molecule has 4 amide bonds. The standard InChI is InChI=1S/C73H122N4O52/c1-19-25(92)7-73(111-18-87,128-56(19)40(94)26(93)8-78)129-62-44(98)30(12-82)114-70(55(62)109)124-60-34(16-86)118-66(38(49(60)103)76-23(5)90)126-63-51(105)42(96)28(10-80)115-71(63)110-17-35-45(99)61(54(108)69(120-35)123-59-33(15-85)117-65(37(47(59)101)75-22(4)89)121-57-31(13-83)112-20(2)36(46(57)100)74-21(3)88)125-72-64(52(106)43(97)29(11-81)116-72)127-67-39(77-24(6)91)48(102)58(32(14-84)119-67)122-68-53(107)50(104)41(95)27(9-79)113-68/h18-20,25-72,78-86,92-109H,7-17H2,1-6H3,(H,74,88)(H,75,89)(H,76,90)(H,77,91)/t19-,20+,25-,26?,27?,28?,29?,30?,31?,32?,33?,34+,35?,36?,37?,38?,39?,40?,41+,42-,43-,44+,45-,46-,47-,48-,49?,50+,51+,52?,53?,54?,55?,56?,57-,58+,59-,60-,61+,62+,63?,64?,65+,66+,67+,68+,69+,70+,71+,72-,73+/m1/s1. The lowest BCUT2D eigenvalue weighted by atomic mass is 9.87. The number of aliphatic hydroxyl groups excluding tert-OH is 27. The zero-order chi connectivity index (χ0) is 95.1. The molecule has 0 saturated carbocycles. The molecule has 0 aromatic rings. The second-order valence-electron chi connectivity index (χ2n) is 32.9. The van der Waals surface area contributed by atoms with Gasteiger partial charge in [-0.2, -0.15) is 0 Å². The van der Waals surface area contributed by atoms with E-state index >= 15 is 0 Å². The van der Waals surface area contributed by atoms with Crippen molar-refractivity contribution in [1.82, 2.24) is 21.3 Å². The fraction of sp³-hybridized carbons (Fsp3) is 0.932. The average molecular weight is 1890 g/mol. The summed E-state index contributed by atoms with van der Waals surface area (Å²) in [7, 11) is 0. The Morgan fingerprint density at radius 1 is 0.349 bits per heavy atom. The molecule has 10 saturated heterocycles. The maximum absolute atomic E-state index is 13.2. The van der Waals surface area contributed by atoms with E-state index in [2.05, 4.69) is 21.3 Å². The van der Waals surface area contributed by atoms with Gasteiger partial charge in [0.05, 0.1) is 96.8 Å². The largest absolute Gasteiger partial charge is 0.410 e. The van der Waals surface area contributed by atoms with E-state index in [9.17, 15) is 162 Å². The molecule has 0 aromatic carbocycles. The fourth-order valence-corrected chi connectivity index (χ4v) is 17.0. The van der Waals surface area contributed by atoms with Crippen molar-refractivity contribution in [1.29, 1.82) is 0 Å². The molecule has 0 spiro atoms. The first-order chi connectivity index (χ1) is 61.0. The number of hydrogen-bond acceptors (Lipinski definition) is 52. The van der Waals surface area contributed by atoms with Crippen molar-refractivity contribution >= 4 is 30.1 Å². The van der Waals surface area contributed by atoms with E-state index in [0.29, 0.717) is 0 Å². The lowest BCUT2D eigenvalue weighted by Gasteiger charge is -2.51. The highest BCUT2D eigenvalue weighted by Gasteiger charge is 2.63. The van der Waals surface area contributed by atoms with Crippen molar-refractivity contribution in [3.63, 3.8) is 0 Å². The molecule has 0 radical (unpaired) electrons. The van der Waals surface area contributed by atoms with Crippen molar-refractivity contribution < 1.29 is 257 Å². The number of ether oxygens (including phenoxy) is 20. The van der Waals surface area contributed by atoms with Gasteiger partial charge in [-0.05, 0) is 6.92 Å². The Hall–Kier alpha value is -4.49. The van der Waals surface area contributed by atoms with E-state index < -0.39 is 408 Å². The molecule has 31 N–H and O–H groups in total. The van der Waals surface area contributed by atoms with Gasteiger partial charge in [-0.15, -0.1) is 0 Å². The SMILES string of the molecule is CC(=O)NC1C(O)[C@H](O[C@@H]2OC(CO)[C@H](O)[C@H](O[C@]3(OC=O)C[C@@H](O)[C@@H](C)C(C(O)C(O)CO)O3)C2O)[C@H](CO)O[C@H]1OC1[C@@H](OCC2O[C@@H](O[C@@H]3C(CO)O[C@@H](O[C@@H]4C(CO)O[C@@H](C)C(NC(C)=O)[C@H]4O)C(NC(C)=O)[C@H]3O)C(O)[C@@H](O[C@H]3OC(CO)[C@@H](O)C(O)C3O[C@@H]3OC(CO)[C@H](O[C@@H]4OC(CO)[C@H](O)[C@H](O)C4O)[C@H](O)C3NC(C)=O)[C@@H]2O)OC(CO)[C@@H](O)[C@@H]1O. The van der Waals surface area contributed by atoms with Crippen LogP contribution < -0.4 is 21.3 Å². The second kappa shape index (κ2) is 46.6. The summed E-state index contributed by atoms with van der Waals surface area (Å²) >= 11 is 0. The maximum atomic E-state index is 13.2. The van der Waals surface area contributed by atoms with E-state index in [1.165, 1.54) is 13.8 Å². The van der Waals surface area contributed by atoms with E-state index in [4.69, 9.17) is 94.7 Å². The van der Waals surface area contributed by atoms with Gasteiger partial charge in [0.2, 0.25) is 23.6 Å². The van der Waals surface area contributed by atoms with Gasteiger partial charge in [-0.1, -0.05) is 6.92 Å². The molecule has 129 heavy (non-hydrogen) atoms. The molecule has 10 fully saturated rings. The molecular weight excluding hydrogens is 1760 g/mol. The molecule has 56 heteroatoms. The number of nitrogens with one attached hydrogen (secondary N) is 4. The van der Waals surface area contributed by atoms with Crippen LogP contribution in [0.25, 0.3) is 0 Å². The summed E-state index contributed by atoms with van der Waals surface area (Å²) in [6.45, 7) is -4.83.